The molecule has 0 heterocycles. The fourth-order valence-electron chi connectivity index (χ4n) is 2.54. The number of azo groups is 1. The maximum atomic E-state index is 12.5. The highest BCUT2D eigenvalue weighted by Crippen LogP contribution is 2.35. The molecule has 0 aromatic heterocycles. The van der Waals surface area contributed by atoms with Gasteiger partial charge in [-0.1, -0.05) is 47.5 Å². The largest absolute Gasteiger partial charge is 0.505 e. The Bertz CT molecular complexity index is 1190. The minimum atomic E-state index is -0.552. The molecule has 3 aromatic carbocycles. The minimum absolute atomic E-state index is 0.0292. The van der Waals surface area contributed by atoms with Gasteiger partial charge in [-0.25, -0.2) is 0 Å². The zero-order valence-electron chi connectivity index (χ0n) is 15.2. The molecule has 3 aromatic rings. The van der Waals surface area contributed by atoms with E-state index in [0.717, 1.165) is 6.08 Å². The smallest absolute Gasteiger partial charge is 0.276 e. The number of halogens is 2. The van der Waals surface area contributed by atoms with Gasteiger partial charge in [0.2, 0.25) is 0 Å². The van der Waals surface area contributed by atoms with Crippen LogP contribution in [0.5, 0.6) is 5.75 Å². The average Bonchev–Trinajstić information content (AvgIpc) is 2.74. The number of aromatic hydroxyl groups is 1. The minimum Gasteiger partial charge on any atom is -0.505 e. The number of ketones is 1. The molecule has 0 aliphatic rings. The molecular weight excluding hydrogens is 429 g/mol. The molecule has 0 aliphatic heterocycles. The molecule has 150 valence electrons. The van der Waals surface area contributed by atoms with Crippen LogP contribution in [0.4, 0.5) is 17.1 Å². The van der Waals surface area contributed by atoms with E-state index in [1.54, 1.807) is 24.3 Å². The van der Waals surface area contributed by atoms with Gasteiger partial charge < -0.3 is 5.11 Å². The Kier molecular flexibility index (Phi) is 6.56. The van der Waals surface area contributed by atoms with E-state index in [9.17, 15) is 20.0 Å². The molecule has 0 saturated carbocycles. The number of para-hydroxylation sites is 2. The van der Waals surface area contributed by atoms with Gasteiger partial charge in [-0.15, -0.1) is 10.2 Å². The number of allylic oxidation sites excluding steroid dienone is 1. The van der Waals surface area contributed by atoms with Gasteiger partial charge in [-0.05, 0) is 42.5 Å². The molecule has 0 fully saturated rings. The van der Waals surface area contributed by atoms with Gasteiger partial charge in [0.15, 0.2) is 11.5 Å². The van der Waals surface area contributed by atoms with Crippen molar-refractivity contribution >= 4 is 52.1 Å². The fourth-order valence-corrected chi connectivity index (χ4v) is 2.87. The van der Waals surface area contributed by atoms with Crippen molar-refractivity contribution in [3.8, 4) is 5.75 Å². The number of phenolic OH excluding ortho intramolecular Hbond substituents is 1. The number of hydrogen-bond acceptors (Lipinski definition) is 6. The molecule has 1 N–H and O–H groups in total. The van der Waals surface area contributed by atoms with E-state index in [0.29, 0.717) is 10.7 Å². The van der Waals surface area contributed by atoms with Crippen molar-refractivity contribution < 1.29 is 14.8 Å². The van der Waals surface area contributed by atoms with Crippen molar-refractivity contribution in [3.63, 3.8) is 0 Å². The van der Waals surface area contributed by atoms with E-state index in [4.69, 9.17) is 23.2 Å². The lowest BCUT2D eigenvalue weighted by Crippen LogP contribution is -1.95. The fraction of sp³-hybridized carbons (Fsp3) is 0. The van der Waals surface area contributed by atoms with Crippen LogP contribution >= 0.6 is 23.2 Å². The van der Waals surface area contributed by atoms with Crippen LogP contribution in [0.2, 0.25) is 10.0 Å². The highest BCUT2D eigenvalue weighted by molar-refractivity contribution is 6.43. The van der Waals surface area contributed by atoms with Crippen LogP contribution in [0, 0.1) is 10.1 Å². The molecule has 7 nitrogen and oxygen atoms in total. The number of carbonyl (C=O) groups is 1. The van der Waals surface area contributed by atoms with Crippen LogP contribution in [0.3, 0.4) is 0 Å². The van der Waals surface area contributed by atoms with Crippen LogP contribution in [-0.4, -0.2) is 15.8 Å². The Labute approximate surface area is 181 Å². The van der Waals surface area contributed by atoms with E-state index in [1.165, 1.54) is 42.5 Å². The second kappa shape index (κ2) is 9.30. The van der Waals surface area contributed by atoms with E-state index in [1.807, 2.05) is 0 Å². The molecule has 0 atom stereocenters. The van der Waals surface area contributed by atoms with Gasteiger partial charge in [0, 0.05) is 6.07 Å². The molecule has 0 bridgehead atoms. The molecule has 0 radical (unpaired) electrons. The van der Waals surface area contributed by atoms with Gasteiger partial charge >= 0.3 is 0 Å². The molecule has 0 saturated heterocycles. The molecule has 0 unspecified atom stereocenters. The summed E-state index contributed by atoms with van der Waals surface area (Å²) in [4.78, 5) is 23.1. The first kappa shape index (κ1) is 21.2. The third-order valence-electron chi connectivity index (χ3n) is 4.02. The lowest BCUT2D eigenvalue weighted by atomic mass is 10.1. The normalized spacial score (nSPS) is 11.3. The number of benzene rings is 3. The van der Waals surface area contributed by atoms with Gasteiger partial charge in [0.25, 0.3) is 5.69 Å². The highest BCUT2D eigenvalue weighted by Gasteiger charge is 2.14. The van der Waals surface area contributed by atoms with Crippen molar-refractivity contribution in [1.29, 1.82) is 0 Å². The first-order valence-corrected chi connectivity index (χ1v) is 9.27. The maximum absolute atomic E-state index is 12.5. The number of phenols is 1. The second-order valence-corrected chi connectivity index (χ2v) is 6.74. The molecule has 3 rings (SSSR count). The van der Waals surface area contributed by atoms with Crippen molar-refractivity contribution in [3.05, 3.63) is 98.0 Å². The van der Waals surface area contributed by atoms with E-state index < -0.39 is 10.7 Å². The summed E-state index contributed by atoms with van der Waals surface area (Å²) < 4.78 is 0. The van der Waals surface area contributed by atoms with E-state index in [2.05, 4.69) is 10.2 Å². The SMILES string of the molecule is O=C(/C=C\c1ccccc1[N+](=O)[O-])c1cccc(N=Nc2cccc(Cl)c2Cl)c1O. The van der Waals surface area contributed by atoms with Crippen LogP contribution in [0.1, 0.15) is 15.9 Å². The van der Waals surface area contributed by atoms with Crippen LogP contribution in [-0.2, 0) is 0 Å². The lowest BCUT2D eigenvalue weighted by Gasteiger charge is -2.04. The number of hydrogen-bond donors (Lipinski definition) is 1. The molecule has 0 aliphatic carbocycles. The first-order chi connectivity index (χ1) is 14.4. The first-order valence-electron chi connectivity index (χ1n) is 8.52. The number of carbonyl (C=O) groups excluding carboxylic acids is 1. The van der Waals surface area contributed by atoms with Crippen LogP contribution in [0.15, 0.2) is 77.0 Å². The molecular formula is C21H13Cl2N3O4. The summed E-state index contributed by atoms with van der Waals surface area (Å²) in [7, 11) is 0. The highest BCUT2D eigenvalue weighted by atomic mass is 35.5. The Morgan fingerprint density at radius 1 is 0.967 bits per heavy atom. The zero-order valence-corrected chi connectivity index (χ0v) is 16.7. The number of rotatable bonds is 6. The standard InChI is InChI=1S/C21H13Cl2N3O4/c22-15-7-4-8-16(20(15)23)24-25-17-9-3-6-14(21(17)28)19(27)12-11-13-5-1-2-10-18(13)26(29)30/h1-12,28H/b12-11-,25-24?. The van der Waals surface area contributed by atoms with E-state index in [-0.39, 0.29) is 33.3 Å². The molecule has 9 heteroatoms. The Morgan fingerprint density at radius 2 is 1.63 bits per heavy atom. The predicted octanol–water partition coefficient (Wildman–Crippen LogP) is 6.92. The third-order valence-corrected chi connectivity index (χ3v) is 4.83. The predicted molar refractivity (Wildman–Crippen MR) is 115 cm³/mol. The molecule has 0 spiro atoms. The van der Waals surface area contributed by atoms with Crippen molar-refractivity contribution in [1.82, 2.24) is 0 Å². The topological polar surface area (TPSA) is 105 Å². The third kappa shape index (κ3) is 4.71. The summed E-state index contributed by atoms with van der Waals surface area (Å²) in [6, 6.07) is 15.3. The Morgan fingerprint density at radius 3 is 2.40 bits per heavy atom. The monoisotopic (exact) mass is 441 g/mol. The number of nitro benzene ring substituents is 1. The summed E-state index contributed by atoms with van der Waals surface area (Å²) in [6.45, 7) is 0. The molecule has 30 heavy (non-hydrogen) atoms. The second-order valence-electron chi connectivity index (χ2n) is 5.96. The summed E-state index contributed by atoms with van der Waals surface area (Å²) in [5, 5.41) is 29.9. The summed E-state index contributed by atoms with van der Waals surface area (Å²) >= 11 is 12.0. The van der Waals surface area contributed by atoms with Crippen LogP contribution in [0.25, 0.3) is 6.08 Å². The van der Waals surface area contributed by atoms with Crippen molar-refractivity contribution in [2.24, 2.45) is 10.2 Å². The van der Waals surface area contributed by atoms with Crippen molar-refractivity contribution in [2.75, 3.05) is 0 Å². The summed E-state index contributed by atoms with van der Waals surface area (Å²) in [5.74, 6) is -0.930. The van der Waals surface area contributed by atoms with Gasteiger partial charge in [0.1, 0.15) is 11.4 Å². The summed E-state index contributed by atoms with van der Waals surface area (Å²) in [6.07, 6.45) is 2.46. The van der Waals surface area contributed by atoms with Gasteiger partial charge in [0.05, 0.1) is 26.1 Å². The quantitative estimate of drug-likeness (QED) is 0.147. The Balaban J connectivity index is 1.88. The van der Waals surface area contributed by atoms with Gasteiger partial charge in [-0.2, -0.15) is 0 Å². The summed E-state index contributed by atoms with van der Waals surface area (Å²) in [5.41, 5.74) is 0.458. The van der Waals surface area contributed by atoms with E-state index >= 15 is 0 Å². The maximum Gasteiger partial charge on any atom is 0.276 e. The number of nitrogens with zero attached hydrogens (tertiary/aromatic N) is 3. The lowest BCUT2D eigenvalue weighted by molar-refractivity contribution is -0.385. The number of nitro groups is 1. The average molecular weight is 442 g/mol. The van der Waals surface area contributed by atoms with Gasteiger partial charge in [-0.3, -0.25) is 14.9 Å². The Hall–Kier alpha value is -3.55. The van der Waals surface area contributed by atoms with Crippen molar-refractivity contribution in [2.45, 2.75) is 0 Å². The van der Waals surface area contributed by atoms with Crippen LogP contribution < -0.4 is 0 Å². The molecule has 0 amide bonds. The zero-order chi connectivity index (χ0) is 21.7.